The number of phenolic OH excluding ortho intramolecular Hbond substituents is 1. The molecule has 0 radical (unpaired) electrons. The highest BCUT2D eigenvalue weighted by Gasteiger charge is 2.23. The van der Waals surface area contributed by atoms with Gasteiger partial charge in [0.05, 0.1) is 38.6 Å². The summed E-state index contributed by atoms with van der Waals surface area (Å²) >= 11 is 12.1. The number of pyridine rings is 2. The van der Waals surface area contributed by atoms with Gasteiger partial charge in [-0.15, -0.1) is 12.4 Å². The average Bonchev–Trinajstić information content (AvgIpc) is 2.73. The molecule has 3 N–H and O–H groups in total. The van der Waals surface area contributed by atoms with E-state index in [1.54, 1.807) is 24.4 Å². The van der Waals surface area contributed by atoms with Gasteiger partial charge >= 0.3 is 0 Å². The van der Waals surface area contributed by atoms with Crippen LogP contribution in [-0.2, 0) is 0 Å². The second-order valence-electron chi connectivity index (χ2n) is 7.61. The van der Waals surface area contributed by atoms with Gasteiger partial charge < -0.3 is 15.5 Å². The Bertz CT molecular complexity index is 1110. The van der Waals surface area contributed by atoms with Gasteiger partial charge in [0.2, 0.25) is 0 Å². The van der Waals surface area contributed by atoms with Crippen molar-refractivity contribution in [1.82, 2.24) is 9.97 Å². The fourth-order valence-corrected chi connectivity index (χ4v) is 4.26. The van der Waals surface area contributed by atoms with E-state index < -0.39 is 0 Å². The van der Waals surface area contributed by atoms with Crippen LogP contribution in [0.2, 0.25) is 10.0 Å². The molecule has 1 aliphatic carbocycles. The molecule has 0 saturated heterocycles. The second-order valence-corrected chi connectivity index (χ2v) is 8.42. The van der Waals surface area contributed by atoms with Crippen molar-refractivity contribution in [3.63, 3.8) is 0 Å². The lowest BCUT2D eigenvalue weighted by atomic mass is 9.92. The number of hydrogen-bond acceptors (Lipinski definition) is 6. The minimum Gasteiger partial charge on any atom is -0.505 e. The van der Waals surface area contributed by atoms with Gasteiger partial charge in [0, 0.05) is 17.8 Å². The van der Waals surface area contributed by atoms with Crippen LogP contribution in [0.1, 0.15) is 43.0 Å². The quantitative estimate of drug-likeness (QED) is 0.416. The van der Waals surface area contributed by atoms with Crippen molar-refractivity contribution in [2.75, 3.05) is 5.32 Å². The SMILES string of the molecule is CC(=O)c1cnc2ccc(-c3cc(Cl)c(O)c(Cl)c3)nc2c1NC1CCC(O)CC1.Cl. The minimum absolute atomic E-state index is 0. The van der Waals surface area contributed by atoms with Gasteiger partial charge in [-0.3, -0.25) is 9.78 Å². The number of aromatic nitrogens is 2. The van der Waals surface area contributed by atoms with E-state index in [4.69, 9.17) is 28.2 Å². The molecule has 164 valence electrons. The molecule has 0 spiro atoms. The number of Topliss-reactive ketones (excluding diaryl/α,β-unsaturated/α-hetero) is 1. The van der Waals surface area contributed by atoms with E-state index in [0.29, 0.717) is 33.5 Å². The first-order chi connectivity index (χ1) is 14.3. The largest absolute Gasteiger partial charge is 0.505 e. The van der Waals surface area contributed by atoms with Crippen LogP contribution in [0.15, 0.2) is 30.5 Å². The molecule has 0 aliphatic heterocycles. The van der Waals surface area contributed by atoms with Crippen LogP contribution in [-0.4, -0.2) is 38.1 Å². The zero-order valence-electron chi connectivity index (χ0n) is 16.7. The van der Waals surface area contributed by atoms with Crippen molar-refractivity contribution >= 4 is 58.1 Å². The first-order valence-corrected chi connectivity index (χ1v) is 10.5. The molecule has 3 aromatic rings. The summed E-state index contributed by atoms with van der Waals surface area (Å²) in [5.41, 5.74) is 3.58. The lowest BCUT2D eigenvalue weighted by molar-refractivity contribution is 0.101. The number of nitrogens with one attached hydrogen (secondary N) is 1. The summed E-state index contributed by atoms with van der Waals surface area (Å²) in [4.78, 5) is 21.4. The normalized spacial score (nSPS) is 18.5. The molecule has 6 nitrogen and oxygen atoms in total. The molecular formula is C22H22Cl3N3O3. The number of hydrogen-bond donors (Lipinski definition) is 3. The van der Waals surface area contributed by atoms with Crippen molar-refractivity contribution < 1.29 is 15.0 Å². The number of aromatic hydroxyl groups is 1. The Hall–Kier alpha value is -2.12. The van der Waals surface area contributed by atoms with Crippen molar-refractivity contribution in [1.29, 1.82) is 0 Å². The molecule has 0 unspecified atom stereocenters. The van der Waals surface area contributed by atoms with E-state index in [-0.39, 0.29) is 46.1 Å². The summed E-state index contributed by atoms with van der Waals surface area (Å²) in [5.74, 6) is -0.282. The highest BCUT2D eigenvalue weighted by molar-refractivity contribution is 6.37. The smallest absolute Gasteiger partial charge is 0.163 e. The van der Waals surface area contributed by atoms with Crippen molar-refractivity contribution in [3.8, 4) is 17.0 Å². The lowest BCUT2D eigenvalue weighted by Crippen LogP contribution is -2.29. The fraction of sp³-hybridized carbons (Fsp3) is 0.318. The number of anilines is 1. The molecular weight excluding hydrogens is 461 g/mol. The number of carbonyl (C=O) groups is 1. The predicted molar refractivity (Wildman–Crippen MR) is 126 cm³/mol. The Morgan fingerprint density at radius 1 is 1.13 bits per heavy atom. The van der Waals surface area contributed by atoms with Crippen molar-refractivity contribution in [2.24, 2.45) is 0 Å². The van der Waals surface area contributed by atoms with Crippen LogP contribution in [0.5, 0.6) is 5.75 Å². The number of phenols is 1. The molecule has 1 fully saturated rings. The monoisotopic (exact) mass is 481 g/mol. The third-order valence-electron chi connectivity index (χ3n) is 5.45. The highest BCUT2D eigenvalue weighted by Crippen LogP contribution is 2.37. The van der Waals surface area contributed by atoms with Gasteiger partial charge in [0.25, 0.3) is 0 Å². The number of nitrogens with zero attached hydrogens (tertiary/aromatic N) is 2. The number of carbonyl (C=O) groups excluding carboxylic acids is 1. The standard InChI is InChI=1S/C22H21Cl2N3O3.ClH/c1-11(28)15-10-25-19-7-6-18(12-8-16(23)22(30)17(24)9-12)27-21(19)20(15)26-13-2-4-14(29)5-3-13;/h6-10,13-14,29-30H,2-5H2,1H3,(H,25,26);1H. The Balaban J connectivity index is 0.00000272. The number of aliphatic hydroxyl groups is 1. The number of ketones is 1. The molecule has 31 heavy (non-hydrogen) atoms. The Morgan fingerprint density at radius 3 is 2.39 bits per heavy atom. The number of benzene rings is 1. The summed E-state index contributed by atoms with van der Waals surface area (Å²) in [6.07, 6.45) is 4.37. The number of halogens is 3. The molecule has 1 aromatic carbocycles. The summed E-state index contributed by atoms with van der Waals surface area (Å²) in [7, 11) is 0. The van der Waals surface area contributed by atoms with Gasteiger partial charge in [-0.1, -0.05) is 23.2 Å². The van der Waals surface area contributed by atoms with Gasteiger partial charge in [-0.2, -0.15) is 0 Å². The lowest BCUT2D eigenvalue weighted by Gasteiger charge is -2.28. The first kappa shape index (κ1) is 23.5. The highest BCUT2D eigenvalue weighted by atomic mass is 35.5. The van der Waals surface area contributed by atoms with Gasteiger partial charge in [0.15, 0.2) is 11.5 Å². The second kappa shape index (κ2) is 9.57. The van der Waals surface area contributed by atoms with Crippen molar-refractivity contribution in [2.45, 2.75) is 44.8 Å². The topological polar surface area (TPSA) is 95.3 Å². The van der Waals surface area contributed by atoms with Crippen LogP contribution < -0.4 is 5.32 Å². The minimum atomic E-state index is -0.266. The number of aliphatic hydroxyl groups excluding tert-OH is 1. The fourth-order valence-electron chi connectivity index (χ4n) is 3.78. The number of rotatable bonds is 4. The summed E-state index contributed by atoms with van der Waals surface area (Å²) in [6.45, 7) is 1.50. The molecule has 0 bridgehead atoms. The average molecular weight is 483 g/mol. The van der Waals surface area contributed by atoms with E-state index in [1.165, 1.54) is 6.92 Å². The molecule has 9 heteroatoms. The first-order valence-electron chi connectivity index (χ1n) is 9.77. The van der Waals surface area contributed by atoms with Crippen molar-refractivity contribution in [3.05, 3.63) is 46.1 Å². The summed E-state index contributed by atoms with van der Waals surface area (Å²) < 4.78 is 0. The maximum absolute atomic E-state index is 12.3. The van der Waals surface area contributed by atoms with Gasteiger partial charge in [0.1, 0.15) is 5.52 Å². The van der Waals surface area contributed by atoms with E-state index in [1.807, 2.05) is 6.07 Å². The molecule has 2 heterocycles. The molecule has 4 rings (SSSR count). The molecule has 1 saturated carbocycles. The molecule has 0 atom stereocenters. The van der Waals surface area contributed by atoms with Gasteiger partial charge in [-0.05, 0) is 56.9 Å². The predicted octanol–water partition coefficient (Wildman–Crippen LogP) is 5.65. The maximum atomic E-state index is 12.3. The zero-order valence-corrected chi connectivity index (χ0v) is 19.1. The molecule has 2 aromatic heterocycles. The number of fused-ring (bicyclic) bond motifs is 1. The van der Waals surface area contributed by atoms with Crippen LogP contribution in [0.3, 0.4) is 0 Å². The van der Waals surface area contributed by atoms with E-state index in [9.17, 15) is 15.0 Å². The molecule has 1 aliphatic rings. The van der Waals surface area contributed by atoms with E-state index in [0.717, 1.165) is 25.7 Å². The van der Waals surface area contributed by atoms with Crippen LogP contribution >= 0.6 is 35.6 Å². The van der Waals surface area contributed by atoms with E-state index >= 15 is 0 Å². The van der Waals surface area contributed by atoms with Crippen LogP contribution in [0.25, 0.3) is 22.3 Å². The summed E-state index contributed by atoms with van der Waals surface area (Å²) in [6, 6.07) is 6.94. The third-order valence-corrected chi connectivity index (χ3v) is 6.03. The Morgan fingerprint density at radius 2 is 1.77 bits per heavy atom. The van der Waals surface area contributed by atoms with Crippen LogP contribution in [0, 0.1) is 0 Å². The van der Waals surface area contributed by atoms with Crippen LogP contribution in [0.4, 0.5) is 5.69 Å². The zero-order chi connectivity index (χ0) is 21.4. The Labute approximate surface area is 196 Å². The third kappa shape index (κ3) is 4.88. The Kier molecular flexibility index (Phi) is 7.27. The molecule has 0 amide bonds. The van der Waals surface area contributed by atoms with E-state index in [2.05, 4.69) is 10.3 Å². The summed E-state index contributed by atoms with van der Waals surface area (Å²) in [5, 5.41) is 23.4. The maximum Gasteiger partial charge on any atom is 0.163 e. The van der Waals surface area contributed by atoms with Gasteiger partial charge in [-0.25, -0.2) is 4.98 Å².